The average molecular weight is 352 g/mol. The Balaban J connectivity index is 0.000000300. The Morgan fingerprint density at radius 3 is 2.71 bits per heavy atom. The van der Waals surface area contributed by atoms with Crippen molar-refractivity contribution >= 4 is 24.3 Å². The van der Waals surface area contributed by atoms with Crippen LogP contribution in [0.25, 0.3) is 16.5 Å². The largest absolute Gasteiger partial charge is 0.466 e. The number of rotatable bonds is 1. The lowest BCUT2D eigenvalue weighted by Crippen LogP contribution is -2.43. The van der Waals surface area contributed by atoms with Gasteiger partial charge in [0.2, 0.25) is 0 Å². The number of aromatic amines is 1. The van der Waals surface area contributed by atoms with E-state index in [1.807, 2.05) is 0 Å². The fraction of sp³-hybridized carbons (Fsp3) is 0.375. The summed E-state index contributed by atoms with van der Waals surface area (Å²) >= 11 is 0. The topological polar surface area (TPSA) is 117 Å². The zero-order chi connectivity index (χ0) is 17.5. The van der Waals surface area contributed by atoms with E-state index in [9.17, 15) is 5.11 Å². The summed E-state index contributed by atoms with van der Waals surface area (Å²) in [6.45, 7) is 1.18. The Kier molecular flexibility index (Phi) is 4.66. The predicted octanol–water partition coefficient (Wildman–Crippen LogP) is 1.10. The minimum absolute atomic E-state index is 0.233. The molecule has 7 nitrogen and oxygen atoms in total. The molecule has 0 bridgehead atoms. The Labute approximate surface area is 139 Å². The maximum Gasteiger partial charge on any atom is 0.466 e. The lowest BCUT2D eigenvalue weighted by Gasteiger charge is -2.39. The van der Waals surface area contributed by atoms with E-state index in [4.69, 9.17) is 19.2 Å². The Morgan fingerprint density at radius 1 is 1.33 bits per heavy atom. The van der Waals surface area contributed by atoms with E-state index in [0.717, 1.165) is 13.0 Å². The standard InChI is InChI=1S/C16H18N2O.H3O4P/c1-18-8-10(9-19)5-13-12-3-2-4-14-16(12)11(7-17-14)6-15(13)18;1-5(2,3)4/h2-5,7,10,15,17,19H,6,8-9H2,1H3;(H3,1,2,3,4)/t10-,15-;/m1./s1. The summed E-state index contributed by atoms with van der Waals surface area (Å²) in [5, 5.41) is 10.8. The number of phosphoric acid groups is 1. The number of nitrogens with one attached hydrogen (secondary N) is 1. The number of H-pyrrole nitrogens is 1. The summed E-state index contributed by atoms with van der Waals surface area (Å²) in [6, 6.07) is 6.92. The molecule has 0 amide bonds. The zero-order valence-corrected chi connectivity index (χ0v) is 14.1. The van der Waals surface area contributed by atoms with Crippen LogP contribution < -0.4 is 0 Å². The second kappa shape index (κ2) is 6.44. The molecule has 0 saturated heterocycles. The highest BCUT2D eigenvalue weighted by Gasteiger charge is 2.33. The van der Waals surface area contributed by atoms with Gasteiger partial charge >= 0.3 is 7.82 Å². The van der Waals surface area contributed by atoms with Crippen LogP contribution in [-0.4, -0.2) is 55.9 Å². The van der Waals surface area contributed by atoms with Gasteiger partial charge in [0.15, 0.2) is 0 Å². The third kappa shape index (κ3) is 3.47. The first kappa shape index (κ1) is 17.4. The lowest BCUT2D eigenvalue weighted by atomic mass is 9.80. The fourth-order valence-corrected chi connectivity index (χ4v) is 3.66. The van der Waals surface area contributed by atoms with Crippen molar-refractivity contribution in [3.05, 3.63) is 41.6 Å². The van der Waals surface area contributed by atoms with Crippen LogP contribution in [0.1, 0.15) is 11.1 Å². The number of fused-ring (bicyclic) bond motifs is 2. The van der Waals surface area contributed by atoms with Gasteiger partial charge in [-0.25, -0.2) is 4.57 Å². The second-order valence-corrected chi connectivity index (χ2v) is 7.31. The molecule has 1 aromatic carbocycles. The van der Waals surface area contributed by atoms with E-state index in [1.54, 1.807) is 0 Å². The normalized spacial score (nSPS) is 23.3. The van der Waals surface area contributed by atoms with E-state index in [0.29, 0.717) is 6.04 Å². The first-order chi connectivity index (χ1) is 11.3. The molecule has 8 heteroatoms. The van der Waals surface area contributed by atoms with Crippen molar-refractivity contribution in [2.75, 3.05) is 20.2 Å². The summed E-state index contributed by atoms with van der Waals surface area (Å²) in [6.07, 6.45) is 5.50. The van der Waals surface area contributed by atoms with Gasteiger partial charge in [-0.1, -0.05) is 18.2 Å². The number of hydrogen-bond donors (Lipinski definition) is 5. The minimum Gasteiger partial charge on any atom is -0.396 e. The van der Waals surface area contributed by atoms with Crippen molar-refractivity contribution in [3.63, 3.8) is 0 Å². The molecule has 4 rings (SSSR count). The molecular weight excluding hydrogens is 331 g/mol. The number of hydrogen-bond acceptors (Lipinski definition) is 3. The molecule has 2 aliphatic rings. The number of aliphatic hydroxyl groups excluding tert-OH is 1. The van der Waals surface area contributed by atoms with Gasteiger partial charge in [0.1, 0.15) is 0 Å². The maximum atomic E-state index is 9.47. The van der Waals surface area contributed by atoms with E-state index in [-0.39, 0.29) is 12.5 Å². The second-order valence-electron chi connectivity index (χ2n) is 6.28. The van der Waals surface area contributed by atoms with E-state index in [1.165, 1.54) is 27.6 Å². The molecule has 1 aromatic heterocycles. The zero-order valence-electron chi connectivity index (χ0n) is 13.3. The van der Waals surface area contributed by atoms with Gasteiger partial charge in [0, 0.05) is 35.6 Å². The molecule has 1 aliphatic heterocycles. The monoisotopic (exact) mass is 352 g/mol. The molecule has 0 spiro atoms. The highest BCUT2D eigenvalue weighted by molar-refractivity contribution is 7.45. The van der Waals surface area contributed by atoms with Gasteiger partial charge in [0.05, 0.1) is 6.61 Å². The van der Waals surface area contributed by atoms with Crippen LogP contribution in [0.15, 0.2) is 30.5 Å². The van der Waals surface area contributed by atoms with Crippen molar-refractivity contribution in [2.24, 2.45) is 5.92 Å². The van der Waals surface area contributed by atoms with Gasteiger partial charge in [-0.3, -0.25) is 4.90 Å². The lowest BCUT2D eigenvalue weighted by molar-refractivity contribution is 0.181. The number of aliphatic hydroxyl groups is 1. The van der Waals surface area contributed by atoms with Gasteiger partial charge in [0.25, 0.3) is 0 Å². The van der Waals surface area contributed by atoms with Crippen LogP contribution in [0.5, 0.6) is 0 Å². The van der Waals surface area contributed by atoms with E-state index in [2.05, 4.69) is 47.4 Å². The van der Waals surface area contributed by atoms with Crippen LogP contribution in [-0.2, 0) is 11.0 Å². The molecule has 5 N–H and O–H groups in total. The smallest absolute Gasteiger partial charge is 0.396 e. The van der Waals surface area contributed by atoms with E-state index >= 15 is 0 Å². The average Bonchev–Trinajstić information content (AvgIpc) is 2.91. The van der Waals surface area contributed by atoms with Crippen LogP contribution in [0.3, 0.4) is 0 Å². The van der Waals surface area contributed by atoms with Crippen LogP contribution >= 0.6 is 7.82 Å². The first-order valence-corrected chi connectivity index (χ1v) is 9.25. The van der Waals surface area contributed by atoms with Crippen LogP contribution in [0.2, 0.25) is 0 Å². The molecule has 130 valence electrons. The molecule has 1 aliphatic carbocycles. The third-order valence-corrected chi connectivity index (χ3v) is 4.58. The Hall–Kier alpha value is -1.47. The van der Waals surface area contributed by atoms with Crippen molar-refractivity contribution in [3.8, 4) is 0 Å². The predicted molar refractivity (Wildman–Crippen MR) is 91.2 cm³/mol. The van der Waals surface area contributed by atoms with Crippen molar-refractivity contribution in [2.45, 2.75) is 12.5 Å². The Morgan fingerprint density at radius 2 is 2.04 bits per heavy atom. The molecule has 0 radical (unpaired) electrons. The van der Waals surface area contributed by atoms with Gasteiger partial charge < -0.3 is 24.8 Å². The highest BCUT2D eigenvalue weighted by Crippen LogP contribution is 2.40. The van der Waals surface area contributed by atoms with Crippen LogP contribution in [0.4, 0.5) is 0 Å². The number of nitrogens with zero attached hydrogens (tertiary/aromatic N) is 1. The van der Waals surface area contributed by atoms with Crippen molar-refractivity contribution < 1.29 is 24.4 Å². The molecule has 24 heavy (non-hydrogen) atoms. The molecule has 0 fully saturated rings. The van der Waals surface area contributed by atoms with Crippen molar-refractivity contribution in [1.82, 2.24) is 9.88 Å². The summed E-state index contributed by atoms with van der Waals surface area (Å²) < 4.78 is 8.88. The molecule has 2 atom stereocenters. The molecule has 0 unspecified atom stereocenters. The number of benzene rings is 1. The first-order valence-electron chi connectivity index (χ1n) is 7.68. The summed E-state index contributed by atoms with van der Waals surface area (Å²) in [5.74, 6) is 0.256. The quantitative estimate of drug-likeness (QED) is 0.491. The summed E-state index contributed by atoms with van der Waals surface area (Å²) in [5.41, 5.74) is 5.38. The number of likely N-dealkylation sites (N-methyl/N-ethyl adjacent to an activating group) is 1. The molecular formula is C16H21N2O5P. The maximum absolute atomic E-state index is 9.47. The Bertz CT molecular complexity index is 817. The fourth-order valence-electron chi connectivity index (χ4n) is 3.66. The van der Waals surface area contributed by atoms with Gasteiger partial charge in [-0.05, 0) is 36.2 Å². The molecule has 2 heterocycles. The van der Waals surface area contributed by atoms with Crippen molar-refractivity contribution in [1.29, 1.82) is 0 Å². The third-order valence-electron chi connectivity index (χ3n) is 4.58. The summed E-state index contributed by atoms with van der Waals surface area (Å²) in [7, 11) is -2.47. The van der Waals surface area contributed by atoms with Crippen LogP contribution in [0, 0.1) is 5.92 Å². The SMILES string of the molecule is CN1C[C@H](CO)C=C2c3cccc4[nH]cc(c34)C[C@H]21.O=P(O)(O)O. The molecule has 0 saturated carbocycles. The number of aromatic nitrogens is 1. The summed E-state index contributed by atoms with van der Waals surface area (Å²) in [4.78, 5) is 27.3. The van der Waals surface area contributed by atoms with E-state index < -0.39 is 7.82 Å². The highest BCUT2D eigenvalue weighted by atomic mass is 31.2. The van der Waals surface area contributed by atoms with Gasteiger partial charge in [-0.2, -0.15) is 0 Å². The molecule has 2 aromatic rings. The minimum atomic E-state index is -4.64. The van der Waals surface area contributed by atoms with Gasteiger partial charge in [-0.15, -0.1) is 0 Å².